The molecule has 57 valence electrons. The minimum absolute atomic E-state index is 0. The fourth-order valence-corrected chi connectivity index (χ4v) is 0.293. The van der Waals surface area contributed by atoms with Crippen LogP contribution in [0, 0.1) is 0 Å². The molecule has 0 spiro atoms. The molecule has 0 heterocycles. The zero-order valence-electron chi connectivity index (χ0n) is 5.09. The number of nitrogens with two attached hydrogens (primary N) is 1. The quantitative estimate of drug-likeness (QED) is 0.287. The van der Waals surface area contributed by atoms with E-state index in [4.69, 9.17) is 13.5 Å². The Morgan fingerprint density at radius 1 is 1.90 bits per heavy atom. The Kier molecular flexibility index (Phi) is 7.32. The van der Waals surface area contributed by atoms with Gasteiger partial charge in [0.2, 0.25) is 13.2 Å². The number of guanidine groups is 1. The first-order chi connectivity index (χ1) is 4.16. The number of carbonyl (C=O) groups is 1. The molecule has 0 aromatic rings. The van der Waals surface area contributed by atoms with Crippen molar-refractivity contribution in [2.75, 3.05) is 0 Å². The SMILES string of the molecule is C.[B][B]N=C(N)NC(C)=O.[HH].[HH]. The average Bonchev–Trinajstić information content (AvgIpc) is 1.63. The molecule has 0 aliphatic carbocycles. The van der Waals surface area contributed by atoms with Crippen LogP contribution in [0.2, 0.25) is 0 Å². The molecule has 6 heteroatoms. The molecule has 0 atom stereocenters. The number of nitrogens with zero attached hydrogens (tertiary/aromatic N) is 1. The lowest BCUT2D eigenvalue weighted by molar-refractivity contribution is -0.117. The van der Waals surface area contributed by atoms with E-state index < -0.39 is 0 Å². The van der Waals surface area contributed by atoms with Crippen LogP contribution in [0.25, 0.3) is 0 Å². The van der Waals surface area contributed by atoms with Gasteiger partial charge in [0.05, 0.1) is 0 Å². The van der Waals surface area contributed by atoms with Crippen LogP contribution in [0.15, 0.2) is 4.90 Å². The molecule has 0 bridgehead atoms. The summed E-state index contributed by atoms with van der Waals surface area (Å²) >= 11 is 0. The Balaban J connectivity index is -0.000000107. The Hall–Kier alpha value is -0.930. The normalized spacial score (nSPS) is 9.50. The van der Waals surface area contributed by atoms with Crippen molar-refractivity contribution in [1.29, 1.82) is 0 Å². The van der Waals surface area contributed by atoms with Crippen molar-refractivity contribution in [3.63, 3.8) is 0 Å². The van der Waals surface area contributed by atoms with Gasteiger partial charge in [-0.2, -0.15) is 0 Å². The van der Waals surface area contributed by atoms with E-state index in [0.717, 1.165) is 7.31 Å². The summed E-state index contributed by atoms with van der Waals surface area (Å²) in [5.41, 5.74) is 5.09. The van der Waals surface area contributed by atoms with Crippen molar-refractivity contribution >= 4 is 26.9 Å². The average molecular weight is 142 g/mol. The number of amides is 1. The third kappa shape index (κ3) is 7.07. The van der Waals surface area contributed by atoms with Gasteiger partial charge in [0.15, 0.2) is 5.96 Å². The van der Waals surface area contributed by atoms with E-state index in [0.29, 0.717) is 0 Å². The summed E-state index contributed by atoms with van der Waals surface area (Å²) in [5.74, 6) is -0.261. The highest BCUT2D eigenvalue weighted by atomic mass is 16.1. The predicted molar refractivity (Wildman–Crippen MR) is 47.9 cm³/mol. The van der Waals surface area contributed by atoms with Gasteiger partial charge in [-0.3, -0.25) is 10.1 Å². The molecule has 3 N–H and O–H groups in total. The van der Waals surface area contributed by atoms with Crippen molar-refractivity contribution in [2.24, 2.45) is 10.6 Å². The van der Waals surface area contributed by atoms with Crippen molar-refractivity contribution in [1.82, 2.24) is 5.32 Å². The number of hydrogen-bond donors (Lipinski definition) is 2. The minimum atomic E-state index is -0.266. The summed E-state index contributed by atoms with van der Waals surface area (Å²) in [6.45, 7) is 1.33. The maximum atomic E-state index is 10.2. The lowest BCUT2D eigenvalue weighted by Crippen LogP contribution is -2.35. The molecule has 1 amide bonds. The first kappa shape index (κ1) is 11.8. The number of hydrogen-bond acceptors (Lipinski definition) is 2. The van der Waals surface area contributed by atoms with Gasteiger partial charge >= 0.3 is 0 Å². The highest BCUT2D eigenvalue weighted by molar-refractivity contribution is 6.88. The van der Waals surface area contributed by atoms with Crippen molar-refractivity contribution < 1.29 is 7.65 Å². The van der Waals surface area contributed by atoms with Crippen LogP contribution in [-0.2, 0) is 4.79 Å². The van der Waals surface area contributed by atoms with Crippen molar-refractivity contribution in [3.05, 3.63) is 0 Å². The largest absolute Gasteiger partial charge is 0.371 e. The molecule has 0 aromatic carbocycles. The van der Waals surface area contributed by atoms with E-state index in [-0.39, 0.29) is 22.1 Å². The van der Waals surface area contributed by atoms with Gasteiger partial charge in [-0.1, -0.05) is 7.43 Å². The molecule has 10 heavy (non-hydrogen) atoms. The van der Waals surface area contributed by atoms with Gasteiger partial charge in [-0.25, -0.2) is 0 Å². The summed E-state index contributed by atoms with van der Waals surface area (Å²) in [4.78, 5) is 13.6. The van der Waals surface area contributed by atoms with Gasteiger partial charge in [0, 0.05) is 17.5 Å². The highest BCUT2D eigenvalue weighted by Gasteiger charge is 1.90. The third-order valence-electron chi connectivity index (χ3n) is 0.518. The molecule has 0 rings (SSSR count). The standard InChI is InChI=1S/C3H6B2N3O.CH4.2H2/c1-2(9)7-3(6)8-5-4;;;/h1H3,(H3,6,7,8,9);1H4;2*1H. The van der Waals surface area contributed by atoms with Crippen LogP contribution in [0.4, 0.5) is 0 Å². The summed E-state index contributed by atoms with van der Waals surface area (Å²) in [6.07, 6.45) is 0. The van der Waals surface area contributed by atoms with Crippen molar-refractivity contribution in [3.8, 4) is 0 Å². The second-order valence-electron chi connectivity index (χ2n) is 1.34. The molecule has 3 radical (unpaired) electrons. The Morgan fingerprint density at radius 3 is 2.70 bits per heavy atom. The van der Waals surface area contributed by atoms with E-state index in [1.54, 1.807) is 0 Å². The van der Waals surface area contributed by atoms with Crippen LogP contribution in [0.3, 0.4) is 0 Å². The second kappa shape index (κ2) is 6.19. The molecule has 0 aliphatic heterocycles. The van der Waals surface area contributed by atoms with E-state index in [1.807, 2.05) is 0 Å². The maximum Gasteiger partial charge on any atom is 0.223 e. The zero-order chi connectivity index (χ0) is 7.28. The van der Waals surface area contributed by atoms with E-state index >= 15 is 0 Å². The molecule has 4 nitrogen and oxygen atoms in total. The minimum Gasteiger partial charge on any atom is -0.371 e. The highest BCUT2D eigenvalue weighted by Crippen LogP contribution is 1.61. The molecule has 0 aromatic heterocycles. The van der Waals surface area contributed by atoms with Gasteiger partial charge < -0.3 is 10.6 Å². The van der Waals surface area contributed by atoms with E-state index in [9.17, 15) is 4.79 Å². The lowest BCUT2D eigenvalue weighted by Gasteiger charge is -1.97. The molecule has 0 saturated heterocycles. The van der Waals surface area contributed by atoms with Gasteiger partial charge in [0.25, 0.3) is 0 Å². The van der Waals surface area contributed by atoms with Crippen LogP contribution >= 0.6 is 0 Å². The predicted octanol–water partition coefficient (Wildman–Crippen LogP) is -0.732. The molecular formula is C4H14B2N3O. The Morgan fingerprint density at radius 2 is 2.40 bits per heavy atom. The van der Waals surface area contributed by atoms with Gasteiger partial charge in [0.1, 0.15) is 0 Å². The number of rotatable bonds is 1. The van der Waals surface area contributed by atoms with Crippen LogP contribution in [0.1, 0.15) is 17.2 Å². The summed E-state index contributed by atoms with van der Waals surface area (Å²) < 4.78 is 0. The monoisotopic (exact) mass is 142 g/mol. The summed E-state index contributed by atoms with van der Waals surface area (Å²) in [5, 5.41) is 2.22. The zero-order valence-corrected chi connectivity index (χ0v) is 5.09. The Labute approximate surface area is 65.9 Å². The molecule has 0 unspecified atom stereocenters. The molecular weight excluding hydrogens is 128 g/mol. The molecule has 0 fully saturated rings. The van der Waals surface area contributed by atoms with Gasteiger partial charge in [-0.05, 0) is 0 Å². The fourth-order valence-electron chi connectivity index (χ4n) is 0.293. The van der Waals surface area contributed by atoms with Crippen molar-refractivity contribution in [2.45, 2.75) is 14.4 Å². The molecule has 0 saturated carbocycles. The first-order valence-electron chi connectivity index (χ1n) is 2.31. The first-order valence-corrected chi connectivity index (χ1v) is 2.31. The van der Waals surface area contributed by atoms with Crippen LogP contribution in [-0.4, -0.2) is 26.9 Å². The third-order valence-corrected chi connectivity index (χ3v) is 0.518. The molecule has 0 aliphatic rings. The van der Waals surface area contributed by atoms with Crippen LogP contribution in [0.5, 0.6) is 0 Å². The summed E-state index contributed by atoms with van der Waals surface area (Å²) in [6, 6.07) is 0. The Bertz CT molecular complexity index is 144. The van der Waals surface area contributed by atoms with E-state index in [2.05, 4.69) is 10.2 Å². The number of nitrogens with one attached hydrogen (secondary N) is 1. The number of carbonyl (C=O) groups excluding carboxylic acids is 1. The second-order valence-corrected chi connectivity index (χ2v) is 1.34. The smallest absolute Gasteiger partial charge is 0.223 e. The topological polar surface area (TPSA) is 67.5 Å². The van der Waals surface area contributed by atoms with Gasteiger partial charge in [-0.15, -0.1) is 0 Å². The van der Waals surface area contributed by atoms with Crippen LogP contribution < -0.4 is 11.1 Å². The maximum absolute atomic E-state index is 10.2. The lowest BCUT2D eigenvalue weighted by atomic mass is 9.68. The fraction of sp³-hybridized carbons (Fsp3) is 0.500. The summed E-state index contributed by atoms with van der Waals surface area (Å²) in [7, 11) is 5.87. The van der Waals surface area contributed by atoms with E-state index in [1.165, 1.54) is 6.92 Å².